The van der Waals surface area contributed by atoms with Crippen molar-refractivity contribution in [3.8, 4) is 0 Å². The highest BCUT2D eigenvalue weighted by Crippen LogP contribution is 2.27. The van der Waals surface area contributed by atoms with Gasteiger partial charge in [-0.25, -0.2) is 4.79 Å². The van der Waals surface area contributed by atoms with Crippen LogP contribution in [0.2, 0.25) is 15.1 Å². The average molecular weight is 331 g/mol. The van der Waals surface area contributed by atoms with E-state index >= 15 is 0 Å². The number of rotatable bonds is 3. The fourth-order valence-electron chi connectivity index (χ4n) is 1.64. The molecule has 0 fully saturated rings. The zero-order chi connectivity index (χ0) is 14.7. The van der Waals surface area contributed by atoms with Gasteiger partial charge < -0.3 is 10.5 Å². The Bertz CT molecular complexity index is 618. The van der Waals surface area contributed by atoms with E-state index in [0.717, 1.165) is 0 Å². The summed E-state index contributed by atoms with van der Waals surface area (Å²) in [5.41, 5.74) is 6.64. The van der Waals surface area contributed by atoms with Crippen molar-refractivity contribution in [2.24, 2.45) is 0 Å². The molecule has 2 aromatic rings. The summed E-state index contributed by atoms with van der Waals surface area (Å²) in [5, 5.41) is 1.09. The van der Waals surface area contributed by atoms with Gasteiger partial charge in [0.2, 0.25) is 0 Å². The van der Waals surface area contributed by atoms with Gasteiger partial charge in [-0.15, -0.1) is 0 Å². The van der Waals surface area contributed by atoms with E-state index in [4.69, 9.17) is 45.3 Å². The monoisotopic (exact) mass is 329 g/mol. The number of carbonyl (C=O) groups excluding carboxylic acids is 1. The van der Waals surface area contributed by atoms with Crippen LogP contribution in [-0.4, -0.2) is 5.97 Å². The van der Waals surface area contributed by atoms with Crippen LogP contribution in [0, 0.1) is 0 Å². The van der Waals surface area contributed by atoms with Crippen LogP contribution in [0.25, 0.3) is 0 Å². The molecular formula is C14H10Cl3NO2. The third-order valence-electron chi connectivity index (χ3n) is 2.66. The second-order valence-electron chi connectivity index (χ2n) is 3.98. The fourth-order valence-corrected chi connectivity index (χ4v) is 2.40. The standard InChI is InChI=1S/C14H10Cl3NO2/c15-9-3-1-4-10(16)8(9)7-20-14(19)13-11(17)5-2-6-12(13)18/h1-6H,7,18H2. The lowest BCUT2D eigenvalue weighted by atomic mass is 10.2. The summed E-state index contributed by atoms with van der Waals surface area (Å²) in [6, 6.07) is 9.84. The van der Waals surface area contributed by atoms with Crippen LogP contribution >= 0.6 is 34.8 Å². The Kier molecular flexibility index (Phi) is 4.76. The molecule has 2 N–H and O–H groups in total. The molecular weight excluding hydrogens is 321 g/mol. The third-order valence-corrected chi connectivity index (χ3v) is 3.68. The zero-order valence-electron chi connectivity index (χ0n) is 10.2. The molecule has 0 atom stereocenters. The van der Waals surface area contributed by atoms with E-state index in [9.17, 15) is 4.79 Å². The van der Waals surface area contributed by atoms with E-state index in [1.54, 1.807) is 36.4 Å². The minimum atomic E-state index is -0.621. The van der Waals surface area contributed by atoms with E-state index in [1.165, 1.54) is 0 Å². The number of carbonyl (C=O) groups is 1. The molecule has 0 heterocycles. The number of halogens is 3. The Morgan fingerprint density at radius 3 is 2.15 bits per heavy atom. The van der Waals surface area contributed by atoms with Crippen molar-refractivity contribution in [2.45, 2.75) is 6.61 Å². The molecule has 104 valence electrons. The molecule has 2 aromatic carbocycles. The lowest BCUT2D eigenvalue weighted by Gasteiger charge is -2.10. The first-order valence-electron chi connectivity index (χ1n) is 5.64. The molecule has 6 heteroatoms. The predicted octanol–water partition coefficient (Wildman–Crippen LogP) is 4.59. The molecule has 0 saturated heterocycles. The molecule has 0 aromatic heterocycles. The molecule has 0 unspecified atom stereocenters. The second kappa shape index (κ2) is 6.35. The maximum atomic E-state index is 12.0. The second-order valence-corrected chi connectivity index (χ2v) is 5.20. The minimum Gasteiger partial charge on any atom is -0.457 e. The number of anilines is 1. The molecule has 0 saturated carbocycles. The average Bonchev–Trinajstić information content (AvgIpc) is 2.38. The van der Waals surface area contributed by atoms with Crippen molar-refractivity contribution in [3.63, 3.8) is 0 Å². The molecule has 0 aliphatic heterocycles. The summed E-state index contributed by atoms with van der Waals surface area (Å²) in [6.07, 6.45) is 0. The lowest BCUT2D eigenvalue weighted by Crippen LogP contribution is -2.09. The Hall–Kier alpha value is -1.42. The number of hydrogen-bond acceptors (Lipinski definition) is 3. The van der Waals surface area contributed by atoms with Crippen LogP contribution in [-0.2, 0) is 11.3 Å². The van der Waals surface area contributed by atoms with Crippen molar-refractivity contribution in [1.82, 2.24) is 0 Å². The van der Waals surface area contributed by atoms with Gasteiger partial charge in [-0.1, -0.05) is 46.9 Å². The zero-order valence-corrected chi connectivity index (χ0v) is 12.5. The number of esters is 1. The SMILES string of the molecule is Nc1cccc(Cl)c1C(=O)OCc1c(Cl)cccc1Cl. The van der Waals surface area contributed by atoms with E-state index in [0.29, 0.717) is 15.6 Å². The maximum absolute atomic E-state index is 12.0. The van der Waals surface area contributed by atoms with Crippen LogP contribution in [0.3, 0.4) is 0 Å². The summed E-state index contributed by atoms with van der Waals surface area (Å²) in [4.78, 5) is 12.0. The van der Waals surface area contributed by atoms with Crippen molar-refractivity contribution < 1.29 is 9.53 Å². The van der Waals surface area contributed by atoms with Crippen molar-refractivity contribution in [1.29, 1.82) is 0 Å². The van der Waals surface area contributed by atoms with Gasteiger partial charge in [-0.2, -0.15) is 0 Å². The summed E-state index contributed by atoms with van der Waals surface area (Å²) in [5.74, 6) is -0.621. The van der Waals surface area contributed by atoms with E-state index in [2.05, 4.69) is 0 Å². The molecule has 3 nitrogen and oxygen atoms in total. The van der Waals surface area contributed by atoms with Gasteiger partial charge in [0.05, 0.1) is 5.02 Å². The Labute approximate surface area is 131 Å². The van der Waals surface area contributed by atoms with Gasteiger partial charge in [0.15, 0.2) is 0 Å². The molecule has 0 radical (unpaired) electrons. The van der Waals surface area contributed by atoms with Gasteiger partial charge in [0.25, 0.3) is 0 Å². The molecule has 0 spiro atoms. The Balaban J connectivity index is 2.17. The Morgan fingerprint density at radius 1 is 1.00 bits per heavy atom. The van der Waals surface area contributed by atoms with Gasteiger partial charge in [0, 0.05) is 21.3 Å². The molecule has 0 aliphatic carbocycles. The van der Waals surface area contributed by atoms with E-state index in [-0.39, 0.29) is 22.9 Å². The van der Waals surface area contributed by atoms with E-state index in [1.807, 2.05) is 0 Å². The van der Waals surface area contributed by atoms with Gasteiger partial charge in [-0.05, 0) is 24.3 Å². The number of hydrogen-bond donors (Lipinski definition) is 1. The van der Waals surface area contributed by atoms with Crippen molar-refractivity contribution >= 4 is 46.5 Å². The highest BCUT2D eigenvalue weighted by atomic mass is 35.5. The molecule has 0 bridgehead atoms. The van der Waals surface area contributed by atoms with Crippen LogP contribution < -0.4 is 5.73 Å². The first kappa shape index (κ1) is 15.0. The highest BCUT2D eigenvalue weighted by Gasteiger charge is 2.16. The third kappa shape index (κ3) is 3.18. The number of nitrogens with two attached hydrogens (primary N) is 1. The summed E-state index contributed by atoms with van der Waals surface area (Å²) in [6.45, 7) is -0.0536. The fraction of sp³-hybridized carbons (Fsp3) is 0.0714. The summed E-state index contributed by atoms with van der Waals surface area (Å²) in [7, 11) is 0. The smallest absolute Gasteiger partial charge is 0.342 e. The topological polar surface area (TPSA) is 52.3 Å². The first-order valence-corrected chi connectivity index (χ1v) is 6.78. The van der Waals surface area contributed by atoms with Gasteiger partial charge in [0.1, 0.15) is 12.2 Å². The minimum absolute atomic E-state index is 0.0536. The highest BCUT2D eigenvalue weighted by molar-refractivity contribution is 6.36. The van der Waals surface area contributed by atoms with Crippen LogP contribution in [0.5, 0.6) is 0 Å². The van der Waals surface area contributed by atoms with Gasteiger partial charge >= 0.3 is 5.97 Å². The van der Waals surface area contributed by atoms with Crippen LogP contribution in [0.4, 0.5) is 5.69 Å². The molecule has 0 amide bonds. The van der Waals surface area contributed by atoms with Crippen molar-refractivity contribution in [2.75, 3.05) is 5.73 Å². The lowest BCUT2D eigenvalue weighted by molar-refractivity contribution is 0.0474. The largest absolute Gasteiger partial charge is 0.457 e. The molecule has 20 heavy (non-hydrogen) atoms. The van der Waals surface area contributed by atoms with Crippen molar-refractivity contribution in [3.05, 3.63) is 62.6 Å². The predicted molar refractivity (Wildman–Crippen MR) is 81.4 cm³/mol. The normalized spacial score (nSPS) is 10.3. The van der Waals surface area contributed by atoms with Gasteiger partial charge in [-0.3, -0.25) is 0 Å². The number of ether oxygens (including phenoxy) is 1. The first-order chi connectivity index (χ1) is 9.50. The number of benzene rings is 2. The summed E-state index contributed by atoms with van der Waals surface area (Å²) < 4.78 is 5.17. The molecule has 2 rings (SSSR count). The maximum Gasteiger partial charge on any atom is 0.342 e. The quantitative estimate of drug-likeness (QED) is 0.661. The van der Waals surface area contributed by atoms with E-state index < -0.39 is 5.97 Å². The molecule has 0 aliphatic rings. The van der Waals surface area contributed by atoms with Crippen LogP contribution in [0.1, 0.15) is 15.9 Å². The Morgan fingerprint density at radius 2 is 1.55 bits per heavy atom. The number of nitrogen functional groups attached to an aromatic ring is 1. The van der Waals surface area contributed by atoms with Crippen LogP contribution in [0.15, 0.2) is 36.4 Å². The summed E-state index contributed by atoms with van der Waals surface area (Å²) >= 11 is 17.9.